The highest BCUT2D eigenvalue weighted by Crippen LogP contribution is 2.08. The van der Waals surface area contributed by atoms with Crippen LogP contribution in [0, 0.1) is 5.92 Å². The highest BCUT2D eigenvalue weighted by Gasteiger charge is 2.17. The van der Waals surface area contributed by atoms with Gasteiger partial charge in [-0.3, -0.25) is 9.63 Å². The van der Waals surface area contributed by atoms with Gasteiger partial charge in [0.05, 0.1) is 12.5 Å². The summed E-state index contributed by atoms with van der Waals surface area (Å²) in [7, 11) is 0. The minimum Gasteiger partial charge on any atom is -0.481 e. The van der Waals surface area contributed by atoms with Crippen LogP contribution >= 0.6 is 0 Å². The number of carboxylic acid groups (broad SMARTS) is 1. The summed E-state index contributed by atoms with van der Waals surface area (Å²) < 4.78 is 0. The fourth-order valence-corrected chi connectivity index (χ4v) is 2.01. The molecule has 2 N–H and O–H groups in total. The van der Waals surface area contributed by atoms with Gasteiger partial charge in [0.25, 0.3) is 0 Å². The van der Waals surface area contributed by atoms with Crippen molar-refractivity contribution in [2.24, 2.45) is 5.92 Å². The molecule has 0 heterocycles. The molecule has 0 saturated carbocycles. The molecule has 4 nitrogen and oxygen atoms in total. The van der Waals surface area contributed by atoms with Crippen LogP contribution in [0.15, 0.2) is 60.7 Å². The Hall–Kier alpha value is -2.17. The lowest BCUT2D eigenvalue weighted by atomic mass is 10.00. The van der Waals surface area contributed by atoms with E-state index in [0.29, 0.717) is 13.0 Å². The van der Waals surface area contributed by atoms with Gasteiger partial charge >= 0.3 is 5.97 Å². The average Bonchev–Trinajstić information content (AvgIpc) is 2.52. The molecule has 0 aliphatic heterocycles. The monoisotopic (exact) mass is 285 g/mol. The van der Waals surface area contributed by atoms with E-state index in [1.165, 1.54) is 0 Å². The molecular formula is C17H19NO3. The number of carboxylic acids is 1. The highest BCUT2D eigenvalue weighted by atomic mass is 16.6. The van der Waals surface area contributed by atoms with Crippen LogP contribution in [0.3, 0.4) is 0 Å². The van der Waals surface area contributed by atoms with Crippen LogP contribution in [0.2, 0.25) is 0 Å². The second kappa shape index (κ2) is 8.19. The largest absolute Gasteiger partial charge is 0.481 e. The zero-order valence-corrected chi connectivity index (χ0v) is 11.7. The number of hydrogen-bond donors (Lipinski definition) is 2. The number of hydrogen-bond acceptors (Lipinski definition) is 3. The molecule has 0 aromatic heterocycles. The van der Waals surface area contributed by atoms with Crippen LogP contribution in [0.5, 0.6) is 0 Å². The van der Waals surface area contributed by atoms with Gasteiger partial charge in [0, 0.05) is 6.54 Å². The molecule has 0 amide bonds. The van der Waals surface area contributed by atoms with E-state index in [1.807, 2.05) is 60.7 Å². The van der Waals surface area contributed by atoms with E-state index in [1.54, 1.807) is 0 Å². The Bertz CT molecular complexity index is 542. The predicted molar refractivity (Wildman–Crippen MR) is 80.5 cm³/mol. The quantitative estimate of drug-likeness (QED) is 0.578. The van der Waals surface area contributed by atoms with Crippen molar-refractivity contribution in [3.05, 3.63) is 71.8 Å². The Kier molecular flexibility index (Phi) is 5.94. The van der Waals surface area contributed by atoms with E-state index in [4.69, 9.17) is 4.84 Å². The molecular weight excluding hydrogens is 266 g/mol. The van der Waals surface area contributed by atoms with Gasteiger partial charge < -0.3 is 5.11 Å². The van der Waals surface area contributed by atoms with Gasteiger partial charge in [0.15, 0.2) is 0 Å². The Morgan fingerprint density at radius 2 is 1.57 bits per heavy atom. The smallest absolute Gasteiger partial charge is 0.308 e. The standard InChI is InChI=1S/C17H19NO3/c19-17(20)16(11-14-7-3-1-4-8-14)12-18-21-13-15-9-5-2-6-10-15/h1-10,16,18H,11-13H2,(H,19,20)/t16-/m0/s1. The van der Waals surface area contributed by atoms with Gasteiger partial charge in [-0.15, -0.1) is 0 Å². The minimum absolute atomic E-state index is 0.275. The second-order valence-electron chi connectivity index (χ2n) is 4.85. The molecule has 21 heavy (non-hydrogen) atoms. The molecule has 0 fully saturated rings. The molecule has 0 unspecified atom stereocenters. The zero-order valence-electron chi connectivity index (χ0n) is 11.7. The van der Waals surface area contributed by atoms with Crippen molar-refractivity contribution in [1.29, 1.82) is 0 Å². The molecule has 0 aliphatic carbocycles. The van der Waals surface area contributed by atoms with Crippen molar-refractivity contribution in [3.8, 4) is 0 Å². The first-order valence-electron chi connectivity index (χ1n) is 6.91. The van der Waals surface area contributed by atoms with Gasteiger partial charge in [-0.2, -0.15) is 0 Å². The number of hydroxylamine groups is 1. The van der Waals surface area contributed by atoms with Gasteiger partial charge in [0.1, 0.15) is 0 Å². The van der Waals surface area contributed by atoms with E-state index in [9.17, 15) is 9.90 Å². The number of rotatable bonds is 8. The number of benzene rings is 2. The second-order valence-corrected chi connectivity index (χ2v) is 4.85. The summed E-state index contributed by atoms with van der Waals surface area (Å²) in [5.74, 6) is -1.34. The summed E-state index contributed by atoms with van der Waals surface area (Å²) in [6, 6.07) is 19.3. The van der Waals surface area contributed by atoms with Crippen LogP contribution in [0.1, 0.15) is 11.1 Å². The summed E-state index contributed by atoms with van der Waals surface area (Å²) in [5, 5.41) is 9.26. The lowest BCUT2D eigenvalue weighted by molar-refractivity contribution is -0.142. The van der Waals surface area contributed by atoms with Crippen LogP contribution in [0.4, 0.5) is 0 Å². The third kappa shape index (κ3) is 5.38. The first kappa shape index (κ1) is 15.2. The molecule has 110 valence electrons. The fourth-order valence-electron chi connectivity index (χ4n) is 2.01. The molecule has 2 rings (SSSR count). The molecule has 0 aliphatic rings. The maximum absolute atomic E-state index is 11.3. The predicted octanol–water partition coefficient (Wildman–Crippen LogP) is 2.65. The Morgan fingerprint density at radius 1 is 1.00 bits per heavy atom. The first-order valence-corrected chi connectivity index (χ1v) is 6.91. The zero-order chi connectivity index (χ0) is 14.9. The van der Waals surface area contributed by atoms with Crippen LogP contribution < -0.4 is 5.48 Å². The lowest BCUT2D eigenvalue weighted by Crippen LogP contribution is -2.30. The summed E-state index contributed by atoms with van der Waals surface area (Å²) >= 11 is 0. The lowest BCUT2D eigenvalue weighted by Gasteiger charge is -2.13. The van der Waals surface area contributed by atoms with Crippen molar-refractivity contribution >= 4 is 5.97 Å². The van der Waals surface area contributed by atoms with Gasteiger partial charge in [-0.05, 0) is 17.5 Å². The summed E-state index contributed by atoms with van der Waals surface area (Å²) in [6.07, 6.45) is 0.484. The maximum Gasteiger partial charge on any atom is 0.308 e. The Labute approximate surface area is 124 Å². The summed E-state index contributed by atoms with van der Waals surface area (Å²) in [6.45, 7) is 0.690. The van der Waals surface area contributed by atoms with Crippen LogP contribution in [-0.4, -0.2) is 17.6 Å². The molecule has 2 aromatic rings. The van der Waals surface area contributed by atoms with Gasteiger partial charge in [-0.1, -0.05) is 60.7 Å². The van der Waals surface area contributed by atoms with Crippen LogP contribution in [-0.2, 0) is 22.7 Å². The summed E-state index contributed by atoms with van der Waals surface area (Å²) in [5.41, 5.74) is 4.81. The molecule has 0 saturated heterocycles. The van der Waals surface area contributed by atoms with E-state index in [-0.39, 0.29) is 6.54 Å². The van der Waals surface area contributed by atoms with E-state index >= 15 is 0 Å². The topological polar surface area (TPSA) is 58.6 Å². The van der Waals surface area contributed by atoms with Crippen LogP contribution in [0.25, 0.3) is 0 Å². The fraction of sp³-hybridized carbons (Fsp3) is 0.235. The van der Waals surface area contributed by atoms with Crippen molar-refractivity contribution in [3.63, 3.8) is 0 Å². The van der Waals surface area contributed by atoms with Crippen molar-refractivity contribution in [2.75, 3.05) is 6.54 Å². The average molecular weight is 285 g/mol. The molecule has 0 bridgehead atoms. The van der Waals surface area contributed by atoms with Gasteiger partial charge in [-0.25, -0.2) is 5.48 Å². The molecule has 0 spiro atoms. The third-order valence-electron chi connectivity index (χ3n) is 3.19. The van der Waals surface area contributed by atoms with Crippen molar-refractivity contribution in [2.45, 2.75) is 13.0 Å². The van der Waals surface area contributed by atoms with Crippen molar-refractivity contribution in [1.82, 2.24) is 5.48 Å². The first-order chi connectivity index (χ1) is 10.3. The third-order valence-corrected chi connectivity index (χ3v) is 3.19. The van der Waals surface area contributed by atoms with E-state index in [2.05, 4.69) is 5.48 Å². The van der Waals surface area contributed by atoms with Gasteiger partial charge in [0.2, 0.25) is 0 Å². The Balaban J connectivity index is 1.77. The number of nitrogens with one attached hydrogen (secondary N) is 1. The molecule has 1 atom stereocenters. The molecule has 0 radical (unpaired) electrons. The molecule has 2 aromatic carbocycles. The Morgan fingerprint density at radius 3 is 2.14 bits per heavy atom. The van der Waals surface area contributed by atoms with Crippen molar-refractivity contribution < 1.29 is 14.7 Å². The highest BCUT2D eigenvalue weighted by molar-refractivity contribution is 5.70. The molecule has 4 heteroatoms. The number of aliphatic carboxylic acids is 1. The number of carbonyl (C=O) groups is 1. The minimum atomic E-state index is -0.824. The maximum atomic E-state index is 11.3. The normalized spacial score (nSPS) is 12.0. The van der Waals surface area contributed by atoms with E-state index in [0.717, 1.165) is 11.1 Å². The summed E-state index contributed by atoms with van der Waals surface area (Å²) in [4.78, 5) is 16.6. The SMILES string of the molecule is O=C(O)[C@H](CNOCc1ccccc1)Cc1ccccc1. The van der Waals surface area contributed by atoms with E-state index < -0.39 is 11.9 Å².